The Balaban J connectivity index is 2.24. The van der Waals surface area contributed by atoms with Crippen LogP contribution in [0.15, 0.2) is 42.7 Å². The van der Waals surface area contributed by atoms with Crippen LogP contribution in [0, 0.1) is 0 Å². The molecule has 0 unspecified atom stereocenters. The fourth-order valence-electron chi connectivity index (χ4n) is 1.58. The van der Waals surface area contributed by atoms with Crippen LogP contribution in [-0.2, 0) is 16.6 Å². The third-order valence-electron chi connectivity index (χ3n) is 2.61. The van der Waals surface area contributed by atoms with Gasteiger partial charge in [-0.25, -0.2) is 17.8 Å². The molecule has 0 spiro atoms. The predicted octanol–water partition coefficient (Wildman–Crippen LogP) is 1.31. The van der Waals surface area contributed by atoms with E-state index in [0.717, 1.165) is 11.3 Å². The van der Waals surface area contributed by atoms with Crippen LogP contribution >= 0.6 is 0 Å². The minimum Gasteiger partial charge on any atom is -0.241 e. The molecule has 18 heavy (non-hydrogen) atoms. The Morgan fingerprint density at radius 2 is 2.06 bits per heavy atom. The van der Waals surface area contributed by atoms with Crippen LogP contribution in [0.4, 0.5) is 0 Å². The van der Waals surface area contributed by atoms with E-state index in [0.29, 0.717) is 0 Å². The van der Waals surface area contributed by atoms with E-state index >= 15 is 0 Å². The minimum absolute atomic E-state index is 0.0803. The SMILES string of the molecule is CCS(=O)(=O)NCc1ccccc1-n1cccn1. The van der Waals surface area contributed by atoms with Gasteiger partial charge in [-0.05, 0) is 24.6 Å². The molecule has 0 bridgehead atoms. The second kappa shape index (κ2) is 5.32. The van der Waals surface area contributed by atoms with Crippen molar-refractivity contribution in [2.75, 3.05) is 5.75 Å². The van der Waals surface area contributed by atoms with E-state index in [9.17, 15) is 8.42 Å². The second-order valence-corrected chi connectivity index (χ2v) is 5.90. The van der Waals surface area contributed by atoms with Gasteiger partial charge >= 0.3 is 0 Å². The molecule has 0 atom stereocenters. The first kappa shape index (κ1) is 12.8. The van der Waals surface area contributed by atoms with Crippen molar-refractivity contribution in [1.82, 2.24) is 14.5 Å². The zero-order valence-corrected chi connectivity index (χ0v) is 10.9. The quantitative estimate of drug-likeness (QED) is 0.886. The first-order valence-corrected chi connectivity index (χ1v) is 7.33. The average Bonchev–Trinajstić information content (AvgIpc) is 2.91. The lowest BCUT2D eigenvalue weighted by Gasteiger charge is -2.10. The lowest BCUT2D eigenvalue weighted by atomic mass is 10.2. The van der Waals surface area contributed by atoms with Crippen LogP contribution in [0.3, 0.4) is 0 Å². The lowest BCUT2D eigenvalue weighted by Crippen LogP contribution is -2.25. The summed E-state index contributed by atoms with van der Waals surface area (Å²) in [5.41, 5.74) is 1.76. The molecule has 1 aromatic heterocycles. The molecule has 1 heterocycles. The van der Waals surface area contributed by atoms with Crippen LogP contribution in [-0.4, -0.2) is 24.0 Å². The number of para-hydroxylation sites is 1. The first-order chi connectivity index (χ1) is 8.62. The molecule has 0 radical (unpaired) electrons. The Kier molecular flexibility index (Phi) is 3.78. The largest absolute Gasteiger partial charge is 0.241 e. The van der Waals surface area contributed by atoms with Crippen LogP contribution in [0.1, 0.15) is 12.5 Å². The van der Waals surface area contributed by atoms with E-state index < -0.39 is 10.0 Å². The van der Waals surface area contributed by atoms with Crippen molar-refractivity contribution in [3.05, 3.63) is 48.3 Å². The van der Waals surface area contributed by atoms with Gasteiger partial charge < -0.3 is 0 Å². The fourth-order valence-corrected chi connectivity index (χ4v) is 2.16. The van der Waals surface area contributed by atoms with Crippen molar-refractivity contribution in [2.45, 2.75) is 13.5 Å². The predicted molar refractivity (Wildman–Crippen MR) is 69.9 cm³/mol. The Bertz CT molecular complexity index is 606. The smallest absolute Gasteiger partial charge is 0.211 e. The molecule has 0 fully saturated rings. The molecule has 6 heteroatoms. The Morgan fingerprint density at radius 1 is 1.28 bits per heavy atom. The van der Waals surface area contributed by atoms with Crippen LogP contribution in [0.2, 0.25) is 0 Å². The summed E-state index contributed by atoms with van der Waals surface area (Å²) in [6.07, 6.45) is 3.51. The standard InChI is InChI=1S/C12H15N3O2S/c1-2-18(16,17)14-10-11-6-3-4-7-12(11)15-9-5-8-13-15/h3-9,14H,2,10H2,1H3. The molecule has 96 valence electrons. The second-order valence-electron chi connectivity index (χ2n) is 3.80. The van der Waals surface area contributed by atoms with Gasteiger partial charge in [0.15, 0.2) is 0 Å². The summed E-state index contributed by atoms with van der Waals surface area (Å²) in [4.78, 5) is 0. The van der Waals surface area contributed by atoms with Gasteiger partial charge in [0, 0.05) is 18.9 Å². The van der Waals surface area contributed by atoms with Gasteiger partial charge in [-0.3, -0.25) is 0 Å². The number of rotatable bonds is 5. The molecule has 5 nitrogen and oxygen atoms in total. The average molecular weight is 265 g/mol. The Hall–Kier alpha value is -1.66. The highest BCUT2D eigenvalue weighted by Gasteiger charge is 2.09. The number of nitrogens with zero attached hydrogens (tertiary/aromatic N) is 2. The van der Waals surface area contributed by atoms with Gasteiger partial charge in [0.1, 0.15) is 0 Å². The number of hydrogen-bond acceptors (Lipinski definition) is 3. The summed E-state index contributed by atoms with van der Waals surface area (Å²) in [5, 5.41) is 4.15. The van der Waals surface area contributed by atoms with Gasteiger partial charge in [-0.15, -0.1) is 0 Å². The van der Waals surface area contributed by atoms with Crippen LogP contribution in [0.25, 0.3) is 5.69 Å². The topological polar surface area (TPSA) is 64.0 Å². The van der Waals surface area contributed by atoms with E-state index in [1.54, 1.807) is 17.8 Å². The summed E-state index contributed by atoms with van der Waals surface area (Å²) >= 11 is 0. The van der Waals surface area contributed by atoms with E-state index in [1.807, 2.05) is 36.5 Å². The van der Waals surface area contributed by atoms with Gasteiger partial charge in [0.25, 0.3) is 0 Å². The normalized spacial score (nSPS) is 11.6. The van der Waals surface area contributed by atoms with E-state index in [2.05, 4.69) is 9.82 Å². The summed E-state index contributed by atoms with van der Waals surface area (Å²) in [7, 11) is -3.18. The minimum atomic E-state index is -3.18. The molecule has 0 saturated carbocycles. The molecule has 0 saturated heterocycles. The number of benzene rings is 1. The number of nitrogens with one attached hydrogen (secondary N) is 1. The summed E-state index contributed by atoms with van der Waals surface area (Å²) in [5.74, 6) is 0.0803. The monoisotopic (exact) mass is 265 g/mol. The highest BCUT2D eigenvalue weighted by atomic mass is 32.2. The van der Waals surface area contributed by atoms with Gasteiger partial charge in [0.05, 0.1) is 11.4 Å². The van der Waals surface area contributed by atoms with Crippen LogP contribution < -0.4 is 4.72 Å². The molecule has 0 aliphatic carbocycles. The molecule has 0 amide bonds. The molecular formula is C12H15N3O2S. The maximum absolute atomic E-state index is 11.4. The van der Waals surface area contributed by atoms with Crippen molar-refractivity contribution in [1.29, 1.82) is 0 Å². The molecule has 2 aromatic rings. The summed E-state index contributed by atoms with van der Waals surface area (Å²) in [6, 6.07) is 9.39. The zero-order valence-electron chi connectivity index (χ0n) is 10.1. The molecule has 1 N–H and O–H groups in total. The third kappa shape index (κ3) is 2.96. The highest BCUT2D eigenvalue weighted by Crippen LogP contribution is 2.13. The molecule has 1 aromatic carbocycles. The van der Waals surface area contributed by atoms with E-state index in [4.69, 9.17) is 0 Å². The summed E-state index contributed by atoms with van der Waals surface area (Å²) in [6.45, 7) is 1.88. The van der Waals surface area contributed by atoms with Crippen molar-refractivity contribution in [3.8, 4) is 5.69 Å². The maximum Gasteiger partial charge on any atom is 0.211 e. The van der Waals surface area contributed by atoms with Gasteiger partial charge in [0.2, 0.25) is 10.0 Å². The van der Waals surface area contributed by atoms with Crippen molar-refractivity contribution < 1.29 is 8.42 Å². The van der Waals surface area contributed by atoms with Gasteiger partial charge in [-0.1, -0.05) is 18.2 Å². The first-order valence-electron chi connectivity index (χ1n) is 5.67. The number of aromatic nitrogens is 2. The number of sulfonamides is 1. The highest BCUT2D eigenvalue weighted by molar-refractivity contribution is 7.89. The fraction of sp³-hybridized carbons (Fsp3) is 0.250. The Labute approximate surface area is 107 Å². The van der Waals surface area contributed by atoms with E-state index in [-0.39, 0.29) is 12.3 Å². The summed E-state index contributed by atoms with van der Waals surface area (Å²) < 4.78 is 27.2. The lowest BCUT2D eigenvalue weighted by molar-refractivity contribution is 0.582. The molecular weight excluding hydrogens is 250 g/mol. The van der Waals surface area contributed by atoms with Crippen molar-refractivity contribution >= 4 is 10.0 Å². The molecule has 0 aliphatic heterocycles. The Morgan fingerprint density at radius 3 is 2.72 bits per heavy atom. The molecule has 0 aliphatic rings. The maximum atomic E-state index is 11.4. The van der Waals surface area contributed by atoms with Crippen LogP contribution in [0.5, 0.6) is 0 Å². The number of hydrogen-bond donors (Lipinski definition) is 1. The zero-order chi connectivity index (χ0) is 13.0. The van der Waals surface area contributed by atoms with Gasteiger partial charge in [-0.2, -0.15) is 5.10 Å². The van der Waals surface area contributed by atoms with Crippen molar-refractivity contribution in [2.24, 2.45) is 0 Å². The third-order valence-corrected chi connectivity index (χ3v) is 3.95. The van der Waals surface area contributed by atoms with Crippen molar-refractivity contribution in [3.63, 3.8) is 0 Å². The van der Waals surface area contributed by atoms with E-state index in [1.165, 1.54) is 0 Å². The molecule has 2 rings (SSSR count).